The van der Waals surface area contributed by atoms with Crippen molar-refractivity contribution in [1.29, 1.82) is 0 Å². The highest BCUT2D eigenvalue weighted by Crippen LogP contribution is 2.28. The van der Waals surface area contributed by atoms with Crippen LogP contribution in [-0.2, 0) is 29.1 Å². The van der Waals surface area contributed by atoms with Crippen molar-refractivity contribution in [2.45, 2.75) is 50.9 Å². The van der Waals surface area contributed by atoms with Gasteiger partial charge in [0.15, 0.2) is 0 Å². The number of rotatable bonds is 6. The first-order valence-electron chi connectivity index (χ1n) is 10.2. The number of fused-ring (bicyclic) bond motifs is 1. The molecular weight excluding hydrogens is 350 g/mol. The standard InChI is InChI=1S/C23H29N3O2/c1-28-15-19-12-17-9-10-22(27)26-21(17)13-18(19)14-25-20-8-5-11-24-23(20)16-6-3-2-4-7-16/h2-4,6-7,12-13,20,23-25H,5,8-11,14-15H2,1H3,(H,26,27). The summed E-state index contributed by atoms with van der Waals surface area (Å²) >= 11 is 0. The van der Waals surface area contributed by atoms with Gasteiger partial charge in [-0.3, -0.25) is 4.79 Å². The van der Waals surface area contributed by atoms with Gasteiger partial charge in [0.2, 0.25) is 5.91 Å². The number of amides is 1. The van der Waals surface area contributed by atoms with Gasteiger partial charge in [0.1, 0.15) is 0 Å². The van der Waals surface area contributed by atoms with Crippen LogP contribution in [0.4, 0.5) is 5.69 Å². The van der Waals surface area contributed by atoms with Crippen molar-refractivity contribution in [3.8, 4) is 0 Å². The van der Waals surface area contributed by atoms with E-state index in [1.807, 2.05) is 0 Å². The number of anilines is 1. The largest absolute Gasteiger partial charge is 0.380 e. The summed E-state index contributed by atoms with van der Waals surface area (Å²) in [4.78, 5) is 11.8. The van der Waals surface area contributed by atoms with Gasteiger partial charge in [-0.2, -0.15) is 0 Å². The van der Waals surface area contributed by atoms with E-state index >= 15 is 0 Å². The molecule has 0 bridgehead atoms. The van der Waals surface area contributed by atoms with Crippen molar-refractivity contribution < 1.29 is 9.53 Å². The Hall–Kier alpha value is -2.21. The Labute approximate surface area is 166 Å². The summed E-state index contributed by atoms with van der Waals surface area (Å²) < 4.78 is 5.44. The normalized spacial score (nSPS) is 21.8. The summed E-state index contributed by atoms with van der Waals surface area (Å²) in [6.45, 7) is 2.40. The van der Waals surface area contributed by atoms with Crippen LogP contribution in [0, 0.1) is 0 Å². The Morgan fingerprint density at radius 1 is 1.14 bits per heavy atom. The first-order chi connectivity index (χ1) is 13.7. The van der Waals surface area contributed by atoms with E-state index in [0.29, 0.717) is 25.1 Å². The fourth-order valence-electron chi connectivity index (χ4n) is 4.34. The lowest BCUT2D eigenvalue weighted by molar-refractivity contribution is -0.116. The number of ether oxygens (including phenoxy) is 1. The predicted molar refractivity (Wildman–Crippen MR) is 111 cm³/mol. The average molecular weight is 380 g/mol. The SMILES string of the molecule is COCc1cc2c(cc1CNC1CCCNC1c1ccccc1)NC(=O)CC2. The van der Waals surface area contributed by atoms with Crippen molar-refractivity contribution in [3.63, 3.8) is 0 Å². The molecule has 1 fully saturated rings. The summed E-state index contributed by atoms with van der Waals surface area (Å²) in [7, 11) is 1.73. The summed E-state index contributed by atoms with van der Waals surface area (Å²) in [6, 6.07) is 15.7. The molecule has 1 saturated heterocycles. The number of methoxy groups -OCH3 is 1. The smallest absolute Gasteiger partial charge is 0.224 e. The van der Waals surface area contributed by atoms with Gasteiger partial charge < -0.3 is 20.7 Å². The zero-order valence-corrected chi connectivity index (χ0v) is 16.5. The molecule has 2 heterocycles. The Morgan fingerprint density at radius 3 is 2.82 bits per heavy atom. The number of aryl methyl sites for hydroxylation is 1. The molecule has 0 aliphatic carbocycles. The second kappa shape index (κ2) is 8.86. The molecule has 2 aliphatic rings. The van der Waals surface area contributed by atoms with Crippen molar-refractivity contribution in [2.24, 2.45) is 0 Å². The van der Waals surface area contributed by atoms with Crippen molar-refractivity contribution >= 4 is 11.6 Å². The van der Waals surface area contributed by atoms with Crippen LogP contribution >= 0.6 is 0 Å². The fraction of sp³-hybridized carbons (Fsp3) is 0.435. The molecule has 5 heteroatoms. The maximum atomic E-state index is 11.8. The van der Waals surface area contributed by atoms with E-state index < -0.39 is 0 Å². The minimum Gasteiger partial charge on any atom is -0.380 e. The van der Waals surface area contributed by atoms with Crippen molar-refractivity contribution in [1.82, 2.24) is 10.6 Å². The quantitative estimate of drug-likeness (QED) is 0.721. The van der Waals surface area contributed by atoms with E-state index in [2.05, 4.69) is 58.4 Å². The number of carbonyl (C=O) groups is 1. The van der Waals surface area contributed by atoms with Gasteiger partial charge in [0.05, 0.1) is 6.61 Å². The Kier molecular flexibility index (Phi) is 6.05. The molecule has 0 spiro atoms. The van der Waals surface area contributed by atoms with Gasteiger partial charge in [-0.05, 0) is 54.1 Å². The van der Waals surface area contributed by atoms with Crippen molar-refractivity contribution in [2.75, 3.05) is 19.0 Å². The topological polar surface area (TPSA) is 62.4 Å². The van der Waals surface area contributed by atoms with Crippen LogP contribution in [0.25, 0.3) is 0 Å². The highest BCUT2D eigenvalue weighted by atomic mass is 16.5. The Morgan fingerprint density at radius 2 is 2.00 bits per heavy atom. The second-order valence-electron chi connectivity index (χ2n) is 7.73. The van der Waals surface area contributed by atoms with E-state index in [4.69, 9.17) is 4.74 Å². The summed E-state index contributed by atoms with van der Waals surface area (Å²) in [5, 5.41) is 10.5. The molecule has 0 saturated carbocycles. The van der Waals surface area contributed by atoms with E-state index in [0.717, 1.165) is 31.6 Å². The number of carbonyl (C=O) groups excluding carboxylic acids is 1. The predicted octanol–water partition coefficient (Wildman–Crippen LogP) is 3.30. The Bertz CT molecular complexity index is 822. The van der Waals surface area contributed by atoms with Crippen LogP contribution in [-0.4, -0.2) is 25.6 Å². The van der Waals surface area contributed by atoms with Gasteiger partial charge in [-0.1, -0.05) is 36.4 Å². The van der Waals surface area contributed by atoms with E-state index in [1.165, 1.54) is 28.7 Å². The third kappa shape index (κ3) is 4.27. The Balaban J connectivity index is 1.53. The summed E-state index contributed by atoms with van der Waals surface area (Å²) in [6.07, 6.45) is 3.68. The number of hydrogen-bond acceptors (Lipinski definition) is 4. The van der Waals surface area contributed by atoms with Crippen LogP contribution < -0.4 is 16.0 Å². The van der Waals surface area contributed by atoms with Gasteiger partial charge in [0, 0.05) is 37.8 Å². The van der Waals surface area contributed by atoms with E-state index in [1.54, 1.807) is 7.11 Å². The number of nitrogens with one attached hydrogen (secondary N) is 3. The zero-order chi connectivity index (χ0) is 19.3. The lowest BCUT2D eigenvalue weighted by Gasteiger charge is -2.34. The van der Waals surface area contributed by atoms with Gasteiger partial charge in [0.25, 0.3) is 0 Å². The molecule has 148 valence electrons. The number of hydrogen-bond donors (Lipinski definition) is 3. The molecule has 0 aromatic heterocycles. The highest BCUT2D eigenvalue weighted by molar-refractivity contribution is 5.94. The summed E-state index contributed by atoms with van der Waals surface area (Å²) in [5.74, 6) is 0.103. The van der Waals surface area contributed by atoms with Crippen LogP contribution in [0.3, 0.4) is 0 Å². The molecular formula is C23H29N3O2. The molecule has 28 heavy (non-hydrogen) atoms. The lowest BCUT2D eigenvalue weighted by Crippen LogP contribution is -2.45. The molecule has 2 unspecified atom stereocenters. The van der Waals surface area contributed by atoms with E-state index in [9.17, 15) is 4.79 Å². The van der Waals surface area contributed by atoms with Gasteiger partial charge in [-0.15, -0.1) is 0 Å². The minimum atomic E-state index is 0.103. The molecule has 5 nitrogen and oxygen atoms in total. The summed E-state index contributed by atoms with van der Waals surface area (Å²) in [5.41, 5.74) is 5.88. The average Bonchev–Trinajstić information content (AvgIpc) is 2.73. The monoisotopic (exact) mass is 379 g/mol. The maximum absolute atomic E-state index is 11.8. The van der Waals surface area contributed by atoms with E-state index in [-0.39, 0.29) is 5.91 Å². The zero-order valence-electron chi connectivity index (χ0n) is 16.5. The molecule has 2 aromatic rings. The fourth-order valence-corrected chi connectivity index (χ4v) is 4.34. The van der Waals surface area contributed by atoms with Crippen LogP contribution in [0.1, 0.15) is 47.6 Å². The van der Waals surface area contributed by atoms with Crippen LogP contribution in [0.5, 0.6) is 0 Å². The van der Waals surface area contributed by atoms with Crippen LogP contribution in [0.15, 0.2) is 42.5 Å². The third-order valence-corrected chi connectivity index (χ3v) is 5.79. The first-order valence-corrected chi connectivity index (χ1v) is 10.2. The third-order valence-electron chi connectivity index (χ3n) is 5.79. The first kappa shape index (κ1) is 19.1. The molecule has 2 aromatic carbocycles. The lowest BCUT2D eigenvalue weighted by atomic mass is 9.91. The molecule has 3 N–H and O–H groups in total. The number of benzene rings is 2. The van der Waals surface area contributed by atoms with Crippen molar-refractivity contribution in [3.05, 3.63) is 64.7 Å². The molecule has 4 rings (SSSR count). The highest BCUT2D eigenvalue weighted by Gasteiger charge is 2.26. The second-order valence-corrected chi connectivity index (χ2v) is 7.73. The maximum Gasteiger partial charge on any atom is 0.224 e. The van der Waals surface area contributed by atoms with Crippen LogP contribution in [0.2, 0.25) is 0 Å². The molecule has 2 aliphatic heterocycles. The minimum absolute atomic E-state index is 0.103. The number of piperidine rings is 1. The molecule has 2 atom stereocenters. The molecule has 0 radical (unpaired) electrons. The van der Waals surface area contributed by atoms with Gasteiger partial charge >= 0.3 is 0 Å². The molecule has 1 amide bonds. The van der Waals surface area contributed by atoms with Gasteiger partial charge in [-0.25, -0.2) is 0 Å².